The number of pyridine rings is 4. The van der Waals surface area contributed by atoms with Gasteiger partial charge in [0.1, 0.15) is 22.3 Å². The summed E-state index contributed by atoms with van der Waals surface area (Å²) in [5, 5.41) is 28.6. The van der Waals surface area contributed by atoms with Crippen LogP contribution >= 0.6 is 0 Å². The van der Waals surface area contributed by atoms with E-state index < -0.39 is 11.9 Å². The molecule has 8 aromatic heterocycles. The van der Waals surface area contributed by atoms with E-state index in [0.717, 1.165) is 28.6 Å². The normalized spacial score (nSPS) is 9.89. The largest absolute Gasteiger partial charge is 0.465 e. The van der Waals surface area contributed by atoms with Crippen molar-refractivity contribution < 1.29 is 75.9 Å². The first-order valence-corrected chi connectivity index (χ1v) is 18.5. The number of ether oxygens (including phenoxy) is 4. The molecule has 3 N–H and O–H groups in total. The zero-order valence-electron chi connectivity index (χ0n) is 34.9. The maximum atomic E-state index is 11.5. The number of fused-ring (bicyclic) bond motifs is 4. The van der Waals surface area contributed by atoms with Gasteiger partial charge in [-0.1, -0.05) is 26.9 Å². The van der Waals surface area contributed by atoms with Gasteiger partial charge in [-0.05, 0) is 82.7 Å². The molecular formula is C43H50N12O9Y. The Labute approximate surface area is 398 Å². The standard InChI is InChI=1S/C11H12N2O2.C10H9N5O2.C10H11N3O2.C10H10N2O3.2CH4.Y/c1-3-8-4-5-13-10(6-8)9(7-12-13)11(14)15-2;1-17-10(16)8-6-13-15-3-2-7(4-9(8)15)5-12-14-11;1-15-10(14)8-6-12-13-3-2-7(5-11)4-9(8)13;1-15-10(14)8-5-11-12-3-2-7(6-13)4-9(8)12;;;/h4-7H,3H2,1-2H3;2-4,6H,5H2,1H3;2-4,6H,5,11H2,1H3;2-5,13H,6H2,1H3;2*1H4;. The molecule has 339 valence electrons. The maximum absolute atomic E-state index is 11.5. The van der Waals surface area contributed by atoms with E-state index in [1.807, 2.05) is 30.5 Å². The Kier molecular flexibility index (Phi) is 21.6. The van der Waals surface area contributed by atoms with Gasteiger partial charge in [0.15, 0.2) is 0 Å². The third-order valence-corrected chi connectivity index (χ3v) is 9.11. The van der Waals surface area contributed by atoms with Crippen molar-refractivity contribution in [2.45, 2.75) is 47.9 Å². The summed E-state index contributed by atoms with van der Waals surface area (Å²) in [6.07, 6.45) is 13.8. The number of rotatable bonds is 9. The van der Waals surface area contributed by atoms with Crippen molar-refractivity contribution in [3.8, 4) is 0 Å². The Bertz CT molecular complexity index is 2690. The molecule has 0 spiro atoms. The zero-order chi connectivity index (χ0) is 44.8. The minimum atomic E-state index is -0.444. The van der Waals surface area contributed by atoms with E-state index in [-0.39, 0.29) is 72.7 Å². The van der Waals surface area contributed by atoms with Gasteiger partial charge in [-0.25, -0.2) is 37.2 Å². The van der Waals surface area contributed by atoms with E-state index in [1.165, 1.54) is 58.8 Å². The summed E-state index contributed by atoms with van der Waals surface area (Å²) in [4.78, 5) is 48.3. The van der Waals surface area contributed by atoms with Crippen LogP contribution in [0.3, 0.4) is 0 Å². The number of methoxy groups -OCH3 is 4. The van der Waals surface area contributed by atoms with Gasteiger partial charge < -0.3 is 29.8 Å². The molecule has 0 saturated carbocycles. The molecule has 0 unspecified atom stereocenters. The molecule has 0 atom stereocenters. The topological polar surface area (TPSA) is 269 Å². The number of aliphatic hydroxyl groups excluding tert-OH is 1. The molecule has 0 bridgehead atoms. The van der Waals surface area contributed by atoms with Crippen molar-refractivity contribution >= 4 is 45.9 Å². The van der Waals surface area contributed by atoms with Gasteiger partial charge in [-0.3, -0.25) is 0 Å². The monoisotopic (exact) mass is 967 g/mol. The summed E-state index contributed by atoms with van der Waals surface area (Å²) in [6, 6.07) is 14.6. The number of hydrogen-bond acceptors (Lipinski definition) is 15. The Morgan fingerprint density at radius 1 is 0.600 bits per heavy atom. The van der Waals surface area contributed by atoms with Gasteiger partial charge in [0.25, 0.3) is 0 Å². The van der Waals surface area contributed by atoms with Crippen LogP contribution in [-0.2, 0) is 77.8 Å². The van der Waals surface area contributed by atoms with Crippen molar-refractivity contribution in [2.24, 2.45) is 10.8 Å². The van der Waals surface area contributed by atoms with Gasteiger partial charge in [-0.15, -0.1) is 0 Å². The Balaban J connectivity index is 0.000000294. The van der Waals surface area contributed by atoms with E-state index in [0.29, 0.717) is 45.3 Å². The number of carbonyl (C=O) groups is 4. The third kappa shape index (κ3) is 13.0. The van der Waals surface area contributed by atoms with E-state index >= 15 is 0 Å². The van der Waals surface area contributed by atoms with Crippen LogP contribution in [0.15, 0.2) is 103 Å². The second kappa shape index (κ2) is 25.9. The van der Waals surface area contributed by atoms with Crippen LogP contribution in [0.1, 0.15) is 85.5 Å². The zero-order valence-corrected chi connectivity index (χ0v) is 37.7. The summed E-state index contributed by atoms with van der Waals surface area (Å²) in [6.45, 7) is 2.67. The van der Waals surface area contributed by atoms with E-state index in [1.54, 1.807) is 60.9 Å². The summed E-state index contributed by atoms with van der Waals surface area (Å²) < 4.78 is 25.0. The van der Waals surface area contributed by atoms with Gasteiger partial charge in [0, 0.05) is 69.0 Å². The fraction of sp³-hybridized carbons (Fsp3) is 0.256. The second-order valence-electron chi connectivity index (χ2n) is 12.8. The summed E-state index contributed by atoms with van der Waals surface area (Å²) in [5.74, 6) is -1.61. The van der Waals surface area contributed by atoms with Crippen molar-refractivity contribution in [1.29, 1.82) is 0 Å². The smallest absolute Gasteiger partial charge is 0.341 e. The summed E-state index contributed by atoms with van der Waals surface area (Å²) in [7, 11) is 5.35. The molecule has 8 aromatic rings. The van der Waals surface area contributed by atoms with Crippen molar-refractivity contribution in [3.05, 3.63) is 153 Å². The first-order chi connectivity index (χ1) is 30.0. The van der Waals surface area contributed by atoms with Crippen LogP contribution in [-0.4, -0.2) is 95.9 Å². The van der Waals surface area contributed by atoms with Crippen molar-refractivity contribution in [2.75, 3.05) is 28.4 Å². The predicted molar refractivity (Wildman–Crippen MR) is 236 cm³/mol. The Hall–Kier alpha value is -7.03. The van der Waals surface area contributed by atoms with Crippen LogP contribution in [0.4, 0.5) is 0 Å². The van der Waals surface area contributed by atoms with Crippen LogP contribution in [0.25, 0.3) is 32.5 Å². The number of aromatic nitrogens is 8. The number of aryl methyl sites for hydroxylation is 1. The molecule has 0 aliphatic rings. The molecule has 0 saturated heterocycles. The fourth-order valence-corrected chi connectivity index (χ4v) is 5.82. The molecule has 0 aliphatic heterocycles. The van der Waals surface area contributed by atoms with Crippen molar-refractivity contribution in [1.82, 2.24) is 38.5 Å². The molecule has 21 nitrogen and oxygen atoms in total. The van der Waals surface area contributed by atoms with E-state index in [2.05, 4.69) is 56.3 Å². The molecule has 22 heteroatoms. The van der Waals surface area contributed by atoms with Crippen LogP contribution < -0.4 is 5.73 Å². The number of carbonyl (C=O) groups excluding carboxylic acids is 4. The molecule has 0 amide bonds. The Morgan fingerprint density at radius 3 is 1.23 bits per heavy atom. The van der Waals surface area contributed by atoms with Crippen LogP contribution in [0.2, 0.25) is 0 Å². The first-order valence-electron chi connectivity index (χ1n) is 18.5. The molecular weight excluding hydrogens is 917 g/mol. The SMILES string of the molecule is C.C.CCc1ccn2ncc(C(=O)OC)c2c1.COC(=O)c1cnn2ccc(CN)cc12.COC(=O)c1cnn2ccc(CN=[N+]=[N-])cc12.COC(=O)c1cnn2ccc(CO)cc12.[Y]. The van der Waals surface area contributed by atoms with Gasteiger partial charge in [0.05, 0.1) is 88.4 Å². The van der Waals surface area contributed by atoms with Gasteiger partial charge >= 0.3 is 23.9 Å². The molecule has 0 fully saturated rings. The minimum absolute atomic E-state index is 0. The maximum Gasteiger partial charge on any atom is 0.341 e. The number of hydrogen-bond donors (Lipinski definition) is 2. The quantitative estimate of drug-likeness (QED) is 0.0546. The van der Waals surface area contributed by atoms with Gasteiger partial charge in [0.2, 0.25) is 0 Å². The predicted octanol–water partition coefficient (Wildman–Crippen LogP) is 6.08. The second-order valence-corrected chi connectivity index (χ2v) is 12.8. The number of nitrogens with zero attached hydrogens (tertiary/aromatic N) is 11. The molecule has 8 heterocycles. The number of azide groups is 1. The number of aliphatic hydroxyl groups is 1. The van der Waals surface area contributed by atoms with Crippen molar-refractivity contribution in [3.63, 3.8) is 0 Å². The van der Waals surface area contributed by atoms with Crippen LogP contribution in [0, 0.1) is 0 Å². The third-order valence-electron chi connectivity index (χ3n) is 9.11. The molecule has 65 heavy (non-hydrogen) atoms. The summed E-state index contributed by atoms with van der Waals surface area (Å²) >= 11 is 0. The minimum Gasteiger partial charge on any atom is -0.465 e. The van der Waals surface area contributed by atoms with Crippen LogP contribution in [0.5, 0.6) is 0 Å². The number of nitrogens with two attached hydrogens (primary N) is 1. The van der Waals surface area contributed by atoms with E-state index in [4.69, 9.17) is 16.4 Å². The fourth-order valence-electron chi connectivity index (χ4n) is 5.82. The number of esters is 4. The molecule has 0 aliphatic carbocycles. The Morgan fingerprint density at radius 2 is 0.908 bits per heavy atom. The molecule has 0 aromatic carbocycles. The molecule has 8 rings (SSSR count). The first kappa shape index (κ1) is 54.1. The average molecular weight is 968 g/mol. The summed E-state index contributed by atoms with van der Waals surface area (Å²) in [5.41, 5.74) is 21.9. The van der Waals surface area contributed by atoms with E-state index in [9.17, 15) is 19.2 Å². The average Bonchev–Trinajstić information content (AvgIpc) is 4.14. The molecule has 1 radical (unpaired) electrons. The van der Waals surface area contributed by atoms with Gasteiger partial charge in [-0.2, -0.15) is 20.4 Å².